The molecular weight excluding hydrogens is 879 g/mol. The zero-order chi connectivity index (χ0) is 47.4. The Bertz CT molecular complexity index is 4280. The van der Waals surface area contributed by atoms with E-state index in [2.05, 4.69) is 256 Å². The van der Waals surface area contributed by atoms with E-state index in [-0.39, 0.29) is 0 Å². The van der Waals surface area contributed by atoms with Crippen LogP contribution in [0.2, 0.25) is 0 Å². The van der Waals surface area contributed by atoms with E-state index >= 15 is 0 Å². The summed E-state index contributed by atoms with van der Waals surface area (Å²) in [6, 6.07) is 84.8. The smallest absolute Gasteiger partial charge is 0.136 e. The highest BCUT2D eigenvalue weighted by Gasteiger charge is 2.17. The van der Waals surface area contributed by atoms with Crippen molar-refractivity contribution >= 4 is 92.0 Å². The first-order chi connectivity index (χ1) is 35.0. The molecule has 334 valence electrons. The lowest BCUT2D eigenvalue weighted by Gasteiger charge is -2.12. The van der Waals surface area contributed by atoms with Crippen molar-refractivity contribution in [1.29, 1.82) is 0 Å². The molecule has 3 heteroatoms. The number of hydrogen-bond acceptors (Lipinski definition) is 3. The molecule has 0 atom stereocenters. The quantitative estimate of drug-likeness (QED) is 0.105. The molecule has 0 aliphatic rings. The second-order valence-corrected chi connectivity index (χ2v) is 19.4. The Morgan fingerprint density at radius 3 is 1.82 bits per heavy atom. The first-order valence-corrected chi connectivity index (χ1v) is 24.9. The second kappa shape index (κ2) is 17.6. The lowest BCUT2D eigenvalue weighted by Crippen LogP contribution is -1.97. The molecule has 0 aliphatic carbocycles. The normalized spacial score (nSPS) is 12.2. The third-order valence-corrected chi connectivity index (χ3v) is 15.2. The third kappa shape index (κ3) is 7.74. The molecule has 0 spiro atoms. The van der Waals surface area contributed by atoms with E-state index in [4.69, 9.17) is 9.41 Å². The van der Waals surface area contributed by atoms with Crippen LogP contribution in [0.4, 0.5) is 0 Å². The predicted molar refractivity (Wildman–Crippen MR) is 305 cm³/mol. The number of hydrogen-bond donors (Lipinski definition) is 0. The van der Waals surface area contributed by atoms with Gasteiger partial charge in [-0.1, -0.05) is 207 Å². The van der Waals surface area contributed by atoms with E-state index in [1.54, 1.807) is 0 Å². The van der Waals surface area contributed by atoms with Crippen LogP contribution >= 0.6 is 11.3 Å². The molecule has 2 aromatic heterocycles. The summed E-state index contributed by atoms with van der Waals surface area (Å²) in [6.45, 7) is 6.73. The van der Waals surface area contributed by atoms with Gasteiger partial charge in [0, 0.05) is 47.8 Å². The van der Waals surface area contributed by atoms with Gasteiger partial charge in [0.2, 0.25) is 0 Å². The van der Waals surface area contributed by atoms with Gasteiger partial charge in [-0.05, 0) is 127 Å². The van der Waals surface area contributed by atoms with Crippen LogP contribution in [0.25, 0.3) is 119 Å². The summed E-state index contributed by atoms with van der Waals surface area (Å²) >= 11 is 1.87. The topological polar surface area (TPSA) is 25.5 Å². The van der Waals surface area contributed by atoms with Gasteiger partial charge < -0.3 is 4.42 Å². The van der Waals surface area contributed by atoms with Crippen LogP contribution in [0.15, 0.2) is 259 Å². The molecule has 71 heavy (non-hydrogen) atoms. The molecule has 0 unspecified atom stereocenters. The molecule has 2 nitrogen and oxygen atoms in total. The van der Waals surface area contributed by atoms with Gasteiger partial charge in [-0.15, -0.1) is 11.3 Å². The molecule has 0 saturated heterocycles. The molecule has 13 aromatic rings. The molecule has 0 aliphatic heterocycles. The Kier molecular flexibility index (Phi) is 10.4. The highest BCUT2D eigenvalue weighted by atomic mass is 32.1. The summed E-state index contributed by atoms with van der Waals surface area (Å²) < 4.78 is 9.29. The number of thiophene rings is 1. The number of furan rings is 1. The van der Waals surface area contributed by atoms with Crippen molar-refractivity contribution in [2.75, 3.05) is 0 Å². The average molecular weight is 924 g/mol. The number of fused-ring (bicyclic) bond motifs is 8. The summed E-state index contributed by atoms with van der Waals surface area (Å²) in [6.07, 6.45) is 2.13. The lowest BCUT2D eigenvalue weighted by atomic mass is 9.96. The molecular formula is C68H45NOS. The fourth-order valence-electron chi connectivity index (χ4n) is 10.3. The van der Waals surface area contributed by atoms with Crippen LogP contribution in [0.5, 0.6) is 0 Å². The van der Waals surface area contributed by atoms with Gasteiger partial charge in [-0.3, -0.25) is 4.99 Å². The highest BCUT2D eigenvalue weighted by molar-refractivity contribution is 7.26. The summed E-state index contributed by atoms with van der Waals surface area (Å²) in [7, 11) is 0. The van der Waals surface area contributed by atoms with E-state index in [9.17, 15) is 0 Å². The predicted octanol–water partition coefficient (Wildman–Crippen LogP) is 19.5. The summed E-state index contributed by atoms with van der Waals surface area (Å²) in [4.78, 5) is 5.49. The van der Waals surface area contributed by atoms with Crippen molar-refractivity contribution < 1.29 is 4.42 Å². The fourth-order valence-corrected chi connectivity index (χ4v) is 11.6. The third-order valence-electron chi connectivity index (χ3n) is 14.0. The van der Waals surface area contributed by atoms with E-state index in [0.29, 0.717) is 0 Å². The Morgan fingerprint density at radius 1 is 0.437 bits per heavy atom. The van der Waals surface area contributed by atoms with Crippen molar-refractivity contribution in [3.8, 4) is 44.5 Å². The maximum atomic E-state index is 6.64. The van der Waals surface area contributed by atoms with Gasteiger partial charge in [0.25, 0.3) is 0 Å². The minimum absolute atomic E-state index is 0.833. The monoisotopic (exact) mass is 923 g/mol. The minimum Gasteiger partial charge on any atom is -0.456 e. The summed E-state index contributed by atoms with van der Waals surface area (Å²) in [5.74, 6) is 0. The number of allylic oxidation sites excluding steroid dienone is 2. The van der Waals surface area contributed by atoms with Crippen molar-refractivity contribution in [3.05, 3.63) is 266 Å². The standard InChI is InChI=1S/C68H45NOS/c1-43(45-25-27-47(28-26-45)48-29-31-50(32-30-48)58-20-11-22-61-60-18-8-9-24-66(60)71-68(58)61)39-63(59-21-10-16-49-15-6-7-17-57(49)59)69-44(2)56-19-12-23-64-67(56)62-38-37-55(42-65(62)70-64)54-36-35-52-40-51(33-34-53(52)41-54)46-13-4-3-5-14-46/h3-42H,1H2,2H3/b63-39-,69-44+. The minimum atomic E-state index is 0.833. The van der Waals surface area contributed by atoms with E-state index in [1.165, 1.54) is 58.8 Å². The Morgan fingerprint density at radius 2 is 1.01 bits per heavy atom. The number of nitrogens with zero attached hydrogens (tertiary/aromatic N) is 1. The number of rotatable bonds is 9. The van der Waals surface area contributed by atoms with Gasteiger partial charge in [-0.25, -0.2) is 0 Å². The van der Waals surface area contributed by atoms with Gasteiger partial charge in [0.05, 0.1) is 5.70 Å². The Labute approximate surface area is 416 Å². The molecule has 2 heterocycles. The summed E-state index contributed by atoms with van der Waals surface area (Å²) in [5, 5.41) is 9.47. The summed E-state index contributed by atoms with van der Waals surface area (Å²) in [5.41, 5.74) is 16.9. The lowest BCUT2D eigenvalue weighted by molar-refractivity contribution is 0.669. The maximum absolute atomic E-state index is 6.64. The second-order valence-electron chi connectivity index (χ2n) is 18.3. The van der Waals surface area contributed by atoms with Crippen LogP contribution in [0, 0.1) is 0 Å². The molecule has 0 radical (unpaired) electrons. The van der Waals surface area contributed by atoms with Crippen LogP contribution < -0.4 is 0 Å². The SMILES string of the molecule is C=C(/C=C(\N=C(/C)c1cccc2oc3cc(-c4ccc5cc(-c6ccccc6)ccc5c4)ccc3c12)c1cccc2ccccc12)c1ccc(-c2ccc(-c3cccc4c3sc3ccccc34)cc2)cc1. The van der Waals surface area contributed by atoms with Crippen molar-refractivity contribution in [2.24, 2.45) is 4.99 Å². The Hall–Kier alpha value is -8.89. The molecule has 11 aromatic carbocycles. The molecule has 13 rings (SSSR count). The number of benzene rings is 11. The first kappa shape index (κ1) is 42.2. The van der Waals surface area contributed by atoms with Crippen LogP contribution in [0.1, 0.15) is 23.6 Å². The van der Waals surface area contributed by atoms with Crippen molar-refractivity contribution in [3.63, 3.8) is 0 Å². The zero-order valence-corrected chi connectivity index (χ0v) is 39.9. The van der Waals surface area contributed by atoms with E-state index in [0.717, 1.165) is 83.1 Å². The largest absolute Gasteiger partial charge is 0.456 e. The van der Waals surface area contributed by atoms with Crippen LogP contribution in [-0.4, -0.2) is 5.71 Å². The maximum Gasteiger partial charge on any atom is 0.136 e. The van der Waals surface area contributed by atoms with Crippen LogP contribution in [0.3, 0.4) is 0 Å². The molecule has 0 N–H and O–H groups in total. The number of aliphatic imine (C=N–C) groups is 1. The zero-order valence-electron chi connectivity index (χ0n) is 39.1. The van der Waals surface area contributed by atoms with E-state index in [1.807, 2.05) is 11.3 Å². The van der Waals surface area contributed by atoms with Gasteiger partial charge in [0.15, 0.2) is 0 Å². The first-order valence-electron chi connectivity index (χ1n) is 24.1. The Balaban J connectivity index is 0.819. The molecule has 0 bridgehead atoms. The molecule has 0 amide bonds. The van der Waals surface area contributed by atoms with Gasteiger partial charge in [-0.2, -0.15) is 0 Å². The van der Waals surface area contributed by atoms with Crippen LogP contribution in [-0.2, 0) is 0 Å². The molecule has 0 saturated carbocycles. The molecule has 0 fully saturated rings. The average Bonchev–Trinajstić information content (AvgIpc) is 4.01. The van der Waals surface area contributed by atoms with Crippen molar-refractivity contribution in [1.82, 2.24) is 0 Å². The fraction of sp³-hybridized carbons (Fsp3) is 0.0147. The van der Waals surface area contributed by atoms with E-state index < -0.39 is 0 Å². The van der Waals surface area contributed by atoms with Crippen molar-refractivity contribution in [2.45, 2.75) is 6.92 Å². The van der Waals surface area contributed by atoms with Gasteiger partial charge in [0.1, 0.15) is 11.2 Å². The van der Waals surface area contributed by atoms with Gasteiger partial charge >= 0.3 is 0 Å². The highest BCUT2D eigenvalue weighted by Crippen LogP contribution is 2.41.